The molecule has 0 saturated heterocycles. The van der Waals surface area contributed by atoms with E-state index in [9.17, 15) is 0 Å². The molecule has 2 aliphatic carbocycles. The standard InChI is InChI=1S/C14H18ClN3S/c15-11-3-1-2-4-12(11)17-18-14(19)16-13-8-9-5-6-10(13)7-9/h1-4,9-10,13,17H,5-8H2,(H2,16,18,19). The normalized spacial score (nSPS) is 28.2. The van der Waals surface area contributed by atoms with Crippen molar-refractivity contribution in [1.82, 2.24) is 10.7 Å². The van der Waals surface area contributed by atoms with Gasteiger partial charge in [-0.15, -0.1) is 0 Å². The topological polar surface area (TPSA) is 36.1 Å². The Kier molecular flexibility index (Phi) is 3.80. The van der Waals surface area contributed by atoms with E-state index >= 15 is 0 Å². The van der Waals surface area contributed by atoms with E-state index in [1.165, 1.54) is 25.7 Å². The number of para-hydroxylation sites is 1. The third-order valence-corrected chi connectivity index (χ3v) is 4.79. The summed E-state index contributed by atoms with van der Waals surface area (Å²) >= 11 is 11.4. The third-order valence-electron chi connectivity index (χ3n) is 4.24. The number of thiocarbonyl (C=S) groups is 1. The molecule has 2 saturated carbocycles. The summed E-state index contributed by atoms with van der Waals surface area (Å²) in [6.45, 7) is 0. The maximum atomic E-state index is 6.06. The van der Waals surface area contributed by atoms with Crippen molar-refractivity contribution in [3.63, 3.8) is 0 Å². The average Bonchev–Trinajstić information content (AvgIpc) is 3.00. The van der Waals surface area contributed by atoms with Crippen LogP contribution in [0.15, 0.2) is 24.3 Å². The molecule has 2 aliphatic rings. The average molecular weight is 296 g/mol. The van der Waals surface area contributed by atoms with E-state index in [0.29, 0.717) is 16.2 Å². The molecule has 3 unspecified atom stereocenters. The lowest BCUT2D eigenvalue weighted by molar-refractivity contribution is 0.390. The molecule has 102 valence electrons. The first-order valence-corrected chi connectivity index (χ1v) is 7.58. The summed E-state index contributed by atoms with van der Waals surface area (Å²) in [4.78, 5) is 0. The van der Waals surface area contributed by atoms with Gasteiger partial charge in [0, 0.05) is 6.04 Å². The predicted octanol–water partition coefficient (Wildman–Crippen LogP) is 3.32. The maximum Gasteiger partial charge on any atom is 0.185 e. The molecule has 0 aliphatic heterocycles. The zero-order valence-corrected chi connectivity index (χ0v) is 12.2. The summed E-state index contributed by atoms with van der Waals surface area (Å²) in [6, 6.07) is 8.14. The molecule has 0 spiro atoms. The molecule has 3 atom stereocenters. The monoisotopic (exact) mass is 295 g/mol. The number of nitrogens with one attached hydrogen (secondary N) is 3. The zero-order chi connectivity index (χ0) is 13.2. The van der Waals surface area contributed by atoms with Gasteiger partial charge in [0.25, 0.3) is 0 Å². The highest BCUT2D eigenvalue weighted by molar-refractivity contribution is 7.80. The van der Waals surface area contributed by atoms with Crippen LogP contribution in [0.2, 0.25) is 5.02 Å². The third kappa shape index (κ3) is 2.95. The van der Waals surface area contributed by atoms with Crippen LogP contribution in [0, 0.1) is 11.8 Å². The molecule has 2 bridgehead atoms. The fourth-order valence-electron chi connectivity index (χ4n) is 3.31. The van der Waals surface area contributed by atoms with Crippen LogP contribution in [0.1, 0.15) is 25.7 Å². The highest BCUT2D eigenvalue weighted by Gasteiger charge is 2.39. The number of hydrazine groups is 1. The SMILES string of the molecule is S=C(NNc1ccccc1Cl)NC1CC2CCC1C2. The number of hydrogen-bond acceptors (Lipinski definition) is 2. The molecule has 1 aromatic rings. The molecule has 0 heterocycles. The van der Waals surface area contributed by atoms with Crippen LogP contribution in [0.4, 0.5) is 5.69 Å². The molecule has 5 heteroatoms. The van der Waals surface area contributed by atoms with Gasteiger partial charge >= 0.3 is 0 Å². The van der Waals surface area contributed by atoms with Gasteiger partial charge in [-0.3, -0.25) is 10.9 Å². The summed E-state index contributed by atoms with van der Waals surface area (Å²) in [5.41, 5.74) is 6.89. The molecule has 3 N–H and O–H groups in total. The largest absolute Gasteiger partial charge is 0.358 e. The van der Waals surface area contributed by atoms with Crippen molar-refractivity contribution in [1.29, 1.82) is 0 Å². The first kappa shape index (κ1) is 13.0. The van der Waals surface area contributed by atoms with Gasteiger partial charge < -0.3 is 5.32 Å². The zero-order valence-electron chi connectivity index (χ0n) is 10.7. The Balaban J connectivity index is 1.48. The molecule has 2 fully saturated rings. The summed E-state index contributed by atoms with van der Waals surface area (Å²) in [5.74, 6) is 1.73. The summed E-state index contributed by atoms with van der Waals surface area (Å²) < 4.78 is 0. The predicted molar refractivity (Wildman–Crippen MR) is 83.2 cm³/mol. The minimum atomic E-state index is 0.548. The van der Waals surface area contributed by atoms with Crippen LogP contribution in [0.3, 0.4) is 0 Å². The minimum Gasteiger partial charge on any atom is -0.358 e. The molecule has 0 radical (unpaired) electrons. The number of halogens is 1. The van der Waals surface area contributed by atoms with Gasteiger partial charge in [0.15, 0.2) is 5.11 Å². The molecule has 0 amide bonds. The van der Waals surface area contributed by atoms with Crippen LogP contribution >= 0.6 is 23.8 Å². The number of fused-ring (bicyclic) bond motifs is 2. The lowest BCUT2D eigenvalue weighted by Crippen LogP contribution is -2.46. The molecule has 19 heavy (non-hydrogen) atoms. The van der Waals surface area contributed by atoms with Crippen LogP contribution < -0.4 is 16.2 Å². The number of benzene rings is 1. The lowest BCUT2D eigenvalue weighted by Gasteiger charge is -2.24. The van der Waals surface area contributed by atoms with Crippen molar-refractivity contribution in [2.24, 2.45) is 11.8 Å². The molecular weight excluding hydrogens is 278 g/mol. The number of rotatable bonds is 3. The van der Waals surface area contributed by atoms with Crippen molar-refractivity contribution in [3.8, 4) is 0 Å². The molecule has 3 nitrogen and oxygen atoms in total. The molecule has 3 rings (SSSR count). The Hall–Kier alpha value is -1.00. The Morgan fingerprint density at radius 2 is 2.05 bits per heavy atom. The lowest BCUT2D eigenvalue weighted by atomic mass is 9.96. The van der Waals surface area contributed by atoms with Gasteiger partial charge in [0.1, 0.15) is 0 Å². The minimum absolute atomic E-state index is 0.548. The van der Waals surface area contributed by atoms with Crippen LogP contribution in [-0.4, -0.2) is 11.2 Å². The van der Waals surface area contributed by atoms with E-state index in [0.717, 1.165) is 17.5 Å². The van der Waals surface area contributed by atoms with Crippen molar-refractivity contribution >= 4 is 34.6 Å². The van der Waals surface area contributed by atoms with Crippen LogP contribution in [-0.2, 0) is 0 Å². The fourth-order valence-corrected chi connectivity index (χ4v) is 3.70. The van der Waals surface area contributed by atoms with Gasteiger partial charge in [0.05, 0.1) is 10.7 Å². The summed E-state index contributed by atoms with van der Waals surface area (Å²) in [7, 11) is 0. The van der Waals surface area contributed by atoms with Gasteiger partial charge in [-0.25, -0.2) is 0 Å². The fraction of sp³-hybridized carbons (Fsp3) is 0.500. The maximum absolute atomic E-state index is 6.06. The van der Waals surface area contributed by atoms with Gasteiger partial charge in [-0.1, -0.05) is 30.2 Å². The van der Waals surface area contributed by atoms with Gasteiger partial charge in [0.2, 0.25) is 0 Å². The van der Waals surface area contributed by atoms with E-state index in [-0.39, 0.29) is 0 Å². The quantitative estimate of drug-likeness (QED) is 0.590. The highest BCUT2D eigenvalue weighted by atomic mass is 35.5. The van der Waals surface area contributed by atoms with E-state index in [1.807, 2.05) is 24.3 Å². The molecule has 0 aromatic heterocycles. The van der Waals surface area contributed by atoms with Gasteiger partial charge in [-0.2, -0.15) is 0 Å². The van der Waals surface area contributed by atoms with E-state index in [4.69, 9.17) is 23.8 Å². The smallest absolute Gasteiger partial charge is 0.185 e. The Morgan fingerprint density at radius 3 is 2.74 bits per heavy atom. The van der Waals surface area contributed by atoms with E-state index in [1.54, 1.807) is 0 Å². The second kappa shape index (κ2) is 5.55. The number of hydrogen-bond donors (Lipinski definition) is 3. The Labute approximate surface area is 124 Å². The number of anilines is 1. The van der Waals surface area contributed by atoms with Gasteiger partial charge in [-0.05, 0) is 55.4 Å². The molecule has 1 aromatic carbocycles. The van der Waals surface area contributed by atoms with Crippen molar-refractivity contribution in [3.05, 3.63) is 29.3 Å². The van der Waals surface area contributed by atoms with E-state index < -0.39 is 0 Å². The Bertz CT molecular complexity index is 480. The van der Waals surface area contributed by atoms with Crippen LogP contribution in [0.25, 0.3) is 0 Å². The second-order valence-corrected chi connectivity index (χ2v) is 6.30. The second-order valence-electron chi connectivity index (χ2n) is 5.48. The Morgan fingerprint density at radius 1 is 1.21 bits per heavy atom. The van der Waals surface area contributed by atoms with Crippen molar-refractivity contribution in [2.75, 3.05) is 5.43 Å². The van der Waals surface area contributed by atoms with Crippen LogP contribution in [0.5, 0.6) is 0 Å². The van der Waals surface area contributed by atoms with Crippen molar-refractivity contribution < 1.29 is 0 Å². The first-order chi connectivity index (χ1) is 9.22. The first-order valence-electron chi connectivity index (χ1n) is 6.79. The highest BCUT2D eigenvalue weighted by Crippen LogP contribution is 2.44. The molecular formula is C14H18ClN3S. The van der Waals surface area contributed by atoms with E-state index in [2.05, 4.69) is 16.2 Å². The van der Waals surface area contributed by atoms with Crippen molar-refractivity contribution in [2.45, 2.75) is 31.7 Å². The summed E-state index contributed by atoms with van der Waals surface area (Å²) in [6.07, 6.45) is 5.39. The summed E-state index contributed by atoms with van der Waals surface area (Å²) in [5, 5.41) is 4.74.